The number of amides is 1. The van der Waals surface area contributed by atoms with Crippen LogP contribution in [0.1, 0.15) is 0 Å². The molecule has 1 amide bonds. The van der Waals surface area contributed by atoms with Crippen LogP contribution in [0.5, 0.6) is 0 Å². The second-order valence-electron chi connectivity index (χ2n) is 3.99. The molecule has 1 rings (SSSR count). The van der Waals surface area contributed by atoms with E-state index in [1.54, 1.807) is 16.7 Å². The molecule has 0 spiro atoms. The van der Waals surface area contributed by atoms with Crippen LogP contribution in [0.4, 0.5) is 0 Å². The topological polar surface area (TPSA) is 102 Å². The van der Waals surface area contributed by atoms with Gasteiger partial charge in [-0.15, -0.1) is 11.8 Å². The molecular weight excluding hydrogens is 278 g/mol. The summed E-state index contributed by atoms with van der Waals surface area (Å²) >= 11 is 1.69. The molecule has 1 heterocycles. The van der Waals surface area contributed by atoms with E-state index < -0.39 is 16.1 Å². The summed E-state index contributed by atoms with van der Waals surface area (Å²) in [6.45, 7) is 1.21. The molecule has 7 nitrogen and oxygen atoms in total. The maximum absolute atomic E-state index is 11.8. The van der Waals surface area contributed by atoms with E-state index in [0.717, 1.165) is 18.6 Å². The zero-order valence-corrected chi connectivity index (χ0v) is 11.9. The van der Waals surface area contributed by atoms with E-state index in [4.69, 9.17) is 10.5 Å². The van der Waals surface area contributed by atoms with Gasteiger partial charge in [-0.05, 0) is 0 Å². The summed E-state index contributed by atoms with van der Waals surface area (Å²) in [4.78, 5) is 13.5. The lowest BCUT2D eigenvalue weighted by Crippen LogP contribution is -2.45. The summed E-state index contributed by atoms with van der Waals surface area (Å²) in [5.74, 6) is 1.51. The molecule has 3 N–H and O–H groups in total. The van der Waals surface area contributed by atoms with Crippen LogP contribution in [0, 0.1) is 0 Å². The van der Waals surface area contributed by atoms with Crippen LogP contribution in [0.15, 0.2) is 0 Å². The van der Waals surface area contributed by atoms with E-state index in [9.17, 15) is 13.2 Å². The predicted molar refractivity (Wildman–Crippen MR) is 70.7 cm³/mol. The van der Waals surface area contributed by atoms with Gasteiger partial charge in [0.2, 0.25) is 15.9 Å². The fraction of sp³-hybridized carbons (Fsp3) is 0.889. The Bertz CT molecular complexity index is 368. The number of carbonyl (C=O) groups is 1. The minimum atomic E-state index is -3.19. The maximum atomic E-state index is 11.8. The largest absolute Gasteiger partial charge is 0.378 e. The summed E-state index contributed by atoms with van der Waals surface area (Å²) in [7, 11) is -3.19. The molecule has 0 aromatic rings. The van der Waals surface area contributed by atoms with E-state index >= 15 is 0 Å². The Balaban J connectivity index is 2.13. The highest BCUT2D eigenvalue weighted by molar-refractivity contribution is 7.99. The van der Waals surface area contributed by atoms with Gasteiger partial charge in [0.1, 0.15) is 6.04 Å². The van der Waals surface area contributed by atoms with Crippen LogP contribution in [0.25, 0.3) is 0 Å². The molecule has 106 valence electrons. The number of thioether (sulfide) groups is 1. The third-order valence-electron chi connectivity index (χ3n) is 2.29. The van der Waals surface area contributed by atoms with Gasteiger partial charge in [0.15, 0.2) is 0 Å². The molecule has 1 fully saturated rings. The van der Waals surface area contributed by atoms with Gasteiger partial charge in [0, 0.05) is 18.8 Å². The number of carbonyl (C=O) groups excluding carboxylic acids is 1. The molecule has 18 heavy (non-hydrogen) atoms. The minimum absolute atomic E-state index is 0.103. The maximum Gasteiger partial charge on any atom is 0.242 e. The van der Waals surface area contributed by atoms with Crippen molar-refractivity contribution in [2.75, 3.05) is 44.2 Å². The smallest absolute Gasteiger partial charge is 0.242 e. The first-order chi connectivity index (χ1) is 8.40. The highest BCUT2D eigenvalue weighted by atomic mass is 32.2. The molecule has 0 radical (unpaired) electrons. The van der Waals surface area contributed by atoms with Crippen molar-refractivity contribution < 1.29 is 17.9 Å². The van der Waals surface area contributed by atoms with Crippen molar-refractivity contribution >= 4 is 27.7 Å². The second kappa shape index (κ2) is 7.29. The average molecular weight is 297 g/mol. The fourth-order valence-corrected chi connectivity index (χ4v) is 2.81. The molecule has 9 heteroatoms. The summed E-state index contributed by atoms with van der Waals surface area (Å²) in [5, 5.41) is 0. The van der Waals surface area contributed by atoms with Gasteiger partial charge in [-0.3, -0.25) is 4.79 Å². The van der Waals surface area contributed by atoms with Crippen LogP contribution < -0.4 is 10.5 Å². The highest BCUT2D eigenvalue weighted by Crippen LogP contribution is 2.13. The number of sulfonamides is 1. The lowest BCUT2D eigenvalue weighted by Gasteiger charge is -2.19. The zero-order valence-electron chi connectivity index (χ0n) is 10.3. The number of nitrogens with one attached hydrogen (secondary N) is 1. The van der Waals surface area contributed by atoms with E-state index in [-0.39, 0.29) is 25.7 Å². The SMILES string of the molecule is CS(=O)(=O)NCCOC[C@H](N)C(=O)N1CCSC1. The van der Waals surface area contributed by atoms with Crippen LogP contribution in [-0.4, -0.2) is 69.5 Å². The molecule has 0 bridgehead atoms. The number of hydrogen-bond acceptors (Lipinski definition) is 6. The Morgan fingerprint density at radius 1 is 1.61 bits per heavy atom. The van der Waals surface area contributed by atoms with Crippen LogP contribution in [0.3, 0.4) is 0 Å². The van der Waals surface area contributed by atoms with Crippen molar-refractivity contribution in [3.05, 3.63) is 0 Å². The van der Waals surface area contributed by atoms with Crippen LogP contribution in [-0.2, 0) is 19.6 Å². The number of ether oxygens (including phenoxy) is 1. The van der Waals surface area contributed by atoms with Crippen molar-refractivity contribution in [3.63, 3.8) is 0 Å². The molecule has 1 saturated heterocycles. The Morgan fingerprint density at radius 2 is 2.33 bits per heavy atom. The Kier molecular flexibility index (Phi) is 6.36. The lowest BCUT2D eigenvalue weighted by atomic mass is 10.3. The molecule has 0 aromatic heterocycles. The Hall–Kier alpha value is -0.350. The minimum Gasteiger partial charge on any atom is -0.378 e. The fourth-order valence-electron chi connectivity index (χ4n) is 1.40. The van der Waals surface area contributed by atoms with Crippen LogP contribution in [0.2, 0.25) is 0 Å². The Labute approximate surface area is 111 Å². The molecule has 0 aromatic carbocycles. The number of nitrogens with two attached hydrogens (primary N) is 1. The number of hydrogen-bond donors (Lipinski definition) is 2. The van der Waals surface area contributed by atoms with E-state index in [1.165, 1.54) is 0 Å². The van der Waals surface area contributed by atoms with Gasteiger partial charge in [-0.1, -0.05) is 0 Å². The molecule has 0 unspecified atom stereocenters. The van der Waals surface area contributed by atoms with Gasteiger partial charge in [0.05, 0.1) is 25.3 Å². The van der Waals surface area contributed by atoms with Crippen molar-refractivity contribution in [2.45, 2.75) is 6.04 Å². The van der Waals surface area contributed by atoms with E-state index in [0.29, 0.717) is 5.88 Å². The second-order valence-corrected chi connectivity index (χ2v) is 6.89. The first-order valence-electron chi connectivity index (χ1n) is 5.54. The van der Waals surface area contributed by atoms with E-state index in [1.807, 2.05) is 0 Å². The third-order valence-corrected chi connectivity index (χ3v) is 3.98. The van der Waals surface area contributed by atoms with Gasteiger partial charge < -0.3 is 15.4 Å². The Morgan fingerprint density at radius 3 is 2.89 bits per heavy atom. The summed E-state index contributed by atoms with van der Waals surface area (Å²) in [6, 6.07) is -0.679. The molecule has 0 aliphatic carbocycles. The quantitative estimate of drug-likeness (QED) is 0.550. The van der Waals surface area contributed by atoms with E-state index in [2.05, 4.69) is 4.72 Å². The van der Waals surface area contributed by atoms with Gasteiger partial charge in [-0.2, -0.15) is 0 Å². The van der Waals surface area contributed by atoms with Crippen molar-refractivity contribution in [1.29, 1.82) is 0 Å². The monoisotopic (exact) mass is 297 g/mol. The third kappa shape index (κ3) is 6.01. The zero-order chi connectivity index (χ0) is 13.6. The molecule has 0 saturated carbocycles. The first-order valence-corrected chi connectivity index (χ1v) is 8.59. The van der Waals surface area contributed by atoms with Crippen molar-refractivity contribution in [3.8, 4) is 0 Å². The number of rotatable bonds is 7. The lowest BCUT2D eigenvalue weighted by molar-refractivity contribution is -0.132. The van der Waals surface area contributed by atoms with Crippen molar-refractivity contribution in [2.24, 2.45) is 5.73 Å². The number of nitrogens with zero attached hydrogens (tertiary/aromatic N) is 1. The van der Waals surface area contributed by atoms with Gasteiger partial charge in [0.25, 0.3) is 0 Å². The normalized spacial score (nSPS) is 18.0. The van der Waals surface area contributed by atoms with Gasteiger partial charge in [-0.25, -0.2) is 13.1 Å². The predicted octanol–water partition coefficient (Wildman–Crippen LogP) is -1.59. The average Bonchev–Trinajstić information content (AvgIpc) is 2.79. The highest BCUT2D eigenvalue weighted by Gasteiger charge is 2.23. The van der Waals surface area contributed by atoms with Crippen molar-refractivity contribution in [1.82, 2.24) is 9.62 Å². The summed E-state index contributed by atoms with van der Waals surface area (Å²) in [6.07, 6.45) is 1.08. The molecule has 1 aliphatic heterocycles. The summed E-state index contributed by atoms with van der Waals surface area (Å²) in [5.41, 5.74) is 5.70. The van der Waals surface area contributed by atoms with Gasteiger partial charge >= 0.3 is 0 Å². The molecular formula is C9H19N3O4S2. The molecule has 1 atom stereocenters. The van der Waals surface area contributed by atoms with Crippen LogP contribution >= 0.6 is 11.8 Å². The molecule has 1 aliphatic rings. The summed E-state index contributed by atoms with van der Waals surface area (Å²) < 4.78 is 29.0. The standard InChI is InChI=1S/C9H19N3O4S2/c1-18(14,15)11-2-4-16-6-8(10)9(13)12-3-5-17-7-12/h8,11H,2-7,10H2,1H3/t8-/m0/s1. The first kappa shape index (κ1) is 15.7.